The number of benzene rings is 2. The van der Waals surface area contributed by atoms with Gasteiger partial charge in [-0.05, 0) is 30.7 Å². The highest BCUT2D eigenvalue weighted by molar-refractivity contribution is 8.00. The van der Waals surface area contributed by atoms with Gasteiger partial charge in [-0.15, -0.1) is 0 Å². The molecule has 2 heterocycles. The lowest BCUT2D eigenvalue weighted by Crippen LogP contribution is -2.36. The Morgan fingerprint density at radius 3 is 2.43 bits per heavy atom. The molecule has 0 saturated carbocycles. The largest absolute Gasteiger partial charge is 0.356 e. The molecule has 1 atom stereocenters. The molecular weight excluding hydrogens is 304 g/mol. The van der Waals surface area contributed by atoms with Crippen LogP contribution < -0.4 is 10.2 Å². The van der Waals surface area contributed by atoms with E-state index < -0.39 is 0 Å². The third kappa shape index (κ3) is 2.72. The molecule has 1 aliphatic rings. The first kappa shape index (κ1) is 14.3. The summed E-state index contributed by atoms with van der Waals surface area (Å²) in [5.74, 6) is 0.990. The van der Waals surface area contributed by atoms with Crippen LogP contribution in [0.1, 0.15) is 13.3 Å². The Labute approximate surface area is 139 Å². The number of nitrogens with one attached hydrogen (secondary N) is 1. The lowest BCUT2D eigenvalue weighted by Gasteiger charge is -2.26. The first-order chi connectivity index (χ1) is 11.3. The van der Waals surface area contributed by atoms with E-state index in [0.29, 0.717) is 0 Å². The maximum absolute atomic E-state index is 4.85. The lowest BCUT2D eigenvalue weighted by atomic mass is 10.3. The van der Waals surface area contributed by atoms with Crippen LogP contribution in [0.4, 0.5) is 11.5 Å². The lowest BCUT2D eigenvalue weighted by molar-refractivity contribution is 0.762. The number of nitrogens with zero attached hydrogens (tertiary/aromatic N) is 3. The van der Waals surface area contributed by atoms with Gasteiger partial charge in [-0.25, -0.2) is 9.97 Å². The second kappa shape index (κ2) is 6.08. The van der Waals surface area contributed by atoms with E-state index in [4.69, 9.17) is 9.97 Å². The maximum Gasteiger partial charge on any atom is 0.164 e. The van der Waals surface area contributed by atoms with Crippen LogP contribution in [0.5, 0.6) is 0 Å². The van der Waals surface area contributed by atoms with Gasteiger partial charge in [-0.1, -0.05) is 49.0 Å². The summed E-state index contributed by atoms with van der Waals surface area (Å²) in [6.45, 7) is 3.15. The van der Waals surface area contributed by atoms with Crippen molar-refractivity contribution in [3.05, 3.63) is 54.6 Å². The smallest absolute Gasteiger partial charge is 0.164 e. The Morgan fingerprint density at radius 2 is 1.70 bits per heavy atom. The molecule has 1 aromatic heterocycles. The SMILES string of the molecule is CCCN1c2nc3ccccc3nc2SC1Nc1ccccc1. The quantitative estimate of drug-likeness (QED) is 0.773. The highest BCUT2D eigenvalue weighted by atomic mass is 32.2. The third-order valence-electron chi connectivity index (χ3n) is 3.83. The predicted octanol–water partition coefficient (Wildman–Crippen LogP) is 4.35. The van der Waals surface area contributed by atoms with Crippen molar-refractivity contribution in [1.82, 2.24) is 9.97 Å². The van der Waals surface area contributed by atoms with E-state index >= 15 is 0 Å². The van der Waals surface area contributed by atoms with Crippen molar-refractivity contribution in [2.24, 2.45) is 0 Å². The highest BCUT2D eigenvalue weighted by Gasteiger charge is 2.32. The Balaban J connectivity index is 1.70. The zero-order valence-electron chi connectivity index (χ0n) is 12.9. The second-order valence-corrected chi connectivity index (χ2v) is 6.58. The first-order valence-electron chi connectivity index (χ1n) is 7.87. The van der Waals surface area contributed by atoms with Gasteiger partial charge in [0, 0.05) is 12.2 Å². The summed E-state index contributed by atoms with van der Waals surface area (Å²) >= 11 is 1.74. The van der Waals surface area contributed by atoms with E-state index in [1.165, 1.54) is 0 Å². The van der Waals surface area contributed by atoms with Crippen LogP contribution in [-0.4, -0.2) is 22.0 Å². The molecule has 2 aromatic carbocycles. The highest BCUT2D eigenvalue weighted by Crippen LogP contribution is 2.41. The number of para-hydroxylation sites is 3. The molecule has 23 heavy (non-hydrogen) atoms. The van der Waals surface area contributed by atoms with Gasteiger partial charge in [0.25, 0.3) is 0 Å². The van der Waals surface area contributed by atoms with Gasteiger partial charge in [0.05, 0.1) is 11.0 Å². The maximum atomic E-state index is 4.85. The molecule has 0 aliphatic carbocycles. The monoisotopic (exact) mass is 322 g/mol. The number of aromatic nitrogens is 2. The summed E-state index contributed by atoms with van der Waals surface area (Å²) in [4.78, 5) is 12.0. The number of rotatable bonds is 4. The van der Waals surface area contributed by atoms with E-state index in [2.05, 4.69) is 29.3 Å². The van der Waals surface area contributed by atoms with Gasteiger partial charge in [0.1, 0.15) is 5.03 Å². The van der Waals surface area contributed by atoms with E-state index in [9.17, 15) is 0 Å². The minimum atomic E-state index is 0.129. The second-order valence-electron chi connectivity index (χ2n) is 5.52. The van der Waals surface area contributed by atoms with Crippen molar-refractivity contribution in [2.45, 2.75) is 23.9 Å². The van der Waals surface area contributed by atoms with Gasteiger partial charge in [-0.3, -0.25) is 0 Å². The number of thioether (sulfide) groups is 1. The topological polar surface area (TPSA) is 41.1 Å². The summed E-state index contributed by atoms with van der Waals surface area (Å²) in [6.07, 6.45) is 1.07. The van der Waals surface area contributed by atoms with Gasteiger partial charge in [-0.2, -0.15) is 0 Å². The Kier molecular flexibility index (Phi) is 3.79. The van der Waals surface area contributed by atoms with E-state index in [1.807, 2.05) is 42.5 Å². The molecule has 116 valence electrons. The average molecular weight is 322 g/mol. The summed E-state index contributed by atoms with van der Waals surface area (Å²) in [5, 5.41) is 4.59. The van der Waals surface area contributed by atoms with Crippen LogP contribution in [0.2, 0.25) is 0 Å². The fourth-order valence-corrected chi connectivity index (χ4v) is 3.93. The minimum absolute atomic E-state index is 0.129. The van der Waals surface area contributed by atoms with Crippen LogP contribution in [0.3, 0.4) is 0 Å². The van der Waals surface area contributed by atoms with Crippen LogP contribution >= 0.6 is 11.8 Å². The molecule has 0 bridgehead atoms. The third-order valence-corrected chi connectivity index (χ3v) is 4.92. The predicted molar refractivity (Wildman–Crippen MR) is 96.9 cm³/mol. The Bertz CT molecular complexity index is 822. The Hall–Kier alpha value is -2.27. The van der Waals surface area contributed by atoms with Crippen LogP contribution in [0.15, 0.2) is 59.6 Å². The zero-order valence-corrected chi connectivity index (χ0v) is 13.8. The molecule has 0 amide bonds. The summed E-state index contributed by atoms with van der Waals surface area (Å²) in [7, 11) is 0. The number of anilines is 2. The van der Waals surface area contributed by atoms with Gasteiger partial charge in [0.2, 0.25) is 0 Å². The summed E-state index contributed by atoms with van der Waals surface area (Å²) in [6, 6.07) is 18.4. The van der Waals surface area contributed by atoms with E-state index in [1.54, 1.807) is 11.8 Å². The fraction of sp³-hybridized carbons (Fsp3) is 0.222. The van der Waals surface area contributed by atoms with Crippen molar-refractivity contribution in [3.63, 3.8) is 0 Å². The zero-order chi connectivity index (χ0) is 15.6. The van der Waals surface area contributed by atoms with Crippen molar-refractivity contribution >= 4 is 34.3 Å². The summed E-state index contributed by atoms with van der Waals surface area (Å²) < 4.78 is 0. The molecular formula is C18H18N4S. The first-order valence-corrected chi connectivity index (χ1v) is 8.75. The molecule has 3 aromatic rings. The molecule has 4 nitrogen and oxygen atoms in total. The number of hydrogen-bond acceptors (Lipinski definition) is 5. The van der Waals surface area contributed by atoms with Crippen molar-refractivity contribution in [2.75, 3.05) is 16.8 Å². The van der Waals surface area contributed by atoms with Crippen molar-refractivity contribution in [1.29, 1.82) is 0 Å². The summed E-state index contributed by atoms with van der Waals surface area (Å²) in [5.41, 5.74) is 3.15. The molecule has 1 unspecified atom stereocenters. The van der Waals surface area contributed by atoms with Gasteiger partial charge >= 0.3 is 0 Å². The number of hydrogen-bond donors (Lipinski definition) is 1. The molecule has 0 radical (unpaired) electrons. The van der Waals surface area contributed by atoms with Crippen molar-refractivity contribution < 1.29 is 0 Å². The van der Waals surface area contributed by atoms with E-state index in [-0.39, 0.29) is 5.50 Å². The molecule has 4 rings (SSSR count). The Morgan fingerprint density at radius 1 is 1.00 bits per heavy atom. The van der Waals surface area contributed by atoms with E-state index in [0.717, 1.165) is 40.5 Å². The molecule has 0 fully saturated rings. The molecule has 1 N–H and O–H groups in total. The van der Waals surface area contributed by atoms with Crippen LogP contribution in [0, 0.1) is 0 Å². The van der Waals surface area contributed by atoms with Crippen molar-refractivity contribution in [3.8, 4) is 0 Å². The molecule has 0 saturated heterocycles. The number of fused-ring (bicyclic) bond motifs is 2. The molecule has 5 heteroatoms. The van der Waals surface area contributed by atoms with Gasteiger partial charge in [0.15, 0.2) is 11.3 Å². The molecule has 0 spiro atoms. The van der Waals surface area contributed by atoms with Crippen LogP contribution in [-0.2, 0) is 0 Å². The van der Waals surface area contributed by atoms with Gasteiger partial charge < -0.3 is 10.2 Å². The average Bonchev–Trinajstić information content (AvgIpc) is 2.91. The minimum Gasteiger partial charge on any atom is -0.356 e. The standard InChI is InChI=1S/C18H18N4S/c1-2-12-22-16-17(21-15-11-7-6-10-14(15)20-16)23-18(22)19-13-8-4-3-5-9-13/h3-11,18-19H,2,12H2,1H3. The fourth-order valence-electron chi connectivity index (χ4n) is 2.77. The van der Waals surface area contributed by atoms with Crippen LogP contribution in [0.25, 0.3) is 11.0 Å². The molecule has 1 aliphatic heterocycles. The normalized spacial score (nSPS) is 16.6.